The van der Waals surface area contributed by atoms with Gasteiger partial charge in [0.05, 0.1) is 12.5 Å². The van der Waals surface area contributed by atoms with Gasteiger partial charge in [0, 0.05) is 80.8 Å². The molecule has 4 heterocycles. The van der Waals surface area contributed by atoms with Gasteiger partial charge in [0.1, 0.15) is 5.82 Å². The molecule has 2 aliphatic rings. The third-order valence-electron chi connectivity index (χ3n) is 5.28. The van der Waals surface area contributed by atoms with Crippen LogP contribution in [0.5, 0.6) is 0 Å². The molecule has 1 fully saturated rings. The minimum atomic E-state index is 0.469. The molecule has 1 atom stereocenters. The lowest BCUT2D eigenvalue weighted by Gasteiger charge is -2.41. The minimum Gasteiger partial charge on any atom is -0.383 e. The topological polar surface area (TPSA) is 44.7 Å². The van der Waals surface area contributed by atoms with Crippen LogP contribution in [0.25, 0.3) is 4.91 Å². The monoisotopic (exact) mass is 397 g/mol. The molecule has 6 nitrogen and oxygen atoms in total. The van der Waals surface area contributed by atoms with Crippen LogP contribution in [0.4, 0.5) is 11.5 Å². The lowest BCUT2D eigenvalue weighted by Crippen LogP contribution is -2.52. The Hall–Kier alpha value is -2.09. The van der Waals surface area contributed by atoms with Crippen LogP contribution >= 0.6 is 11.8 Å². The summed E-state index contributed by atoms with van der Waals surface area (Å²) in [5.41, 5.74) is 2.46. The summed E-state index contributed by atoms with van der Waals surface area (Å²) in [7, 11) is 1.77. The summed E-state index contributed by atoms with van der Waals surface area (Å²) < 4.78 is 5.22. The summed E-state index contributed by atoms with van der Waals surface area (Å²) in [4.78, 5) is 17.2. The number of pyridine rings is 2. The van der Waals surface area contributed by atoms with Crippen LogP contribution in [0.15, 0.2) is 49.1 Å². The van der Waals surface area contributed by atoms with Gasteiger partial charge in [0.2, 0.25) is 0 Å². The minimum absolute atomic E-state index is 0.469. The molecule has 0 N–H and O–H groups in total. The van der Waals surface area contributed by atoms with Crippen molar-refractivity contribution in [2.24, 2.45) is 0 Å². The van der Waals surface area contributed by atoms with Gasteiger partial charge in [-0.2, -0.15) is 0 Å². The Morgan fingerprint density at radius 3 is 2.82 bits per heavy atom. The highest BCUT2D eigenvalue weighted by Crippen LogP contribution is 2.36. The van der Waals surface area contributed by atoms with Crippen LogP contribution in [-0.4, -0.2) is 66.7 Å². The van der Waals surface area contributed by atoms with Gasteiger partial charge in [-0.3, -0.25) is 9.88 Å². The van der Waals surface area contributed by atoms with Gasteiger partial charge in [0.15, 0.2) is 0 Å². The van der Waals surface area contributed by atoms with Crippen molar-refractivity contribution in [3.8, 4) is 0 Å². The van der Waals surface area contributed by atoms with Gasteiger partial charge in [-0.05, 0) is 30.7 Å². The average Bonchev–Trinajstić information content (AvgIpc) is 3.23. The molecule has 2 aliphatic heterocycles. The fourth-order valence-corrected chi connectivity index (χ4v) is 4.73. The molecule has 4 rings (SSSR count). The van der Waals surface area contributed by atoms with E-state index in [9.17, 15) is 0 Å². The zero-order valence-corrected chi connectivity index (χ0v) is 17.3. The second-order valence-corrected chi connectivity index (χ2v) is 8.17. The second-order valence-electron chi connectivity index (χ2n) is 7.18. The van der Waals surface area contributed by atoms with Crippen LogP contribution in [-0.2, 0) is 4.74 Å². The van der Waals surface area contributed by atoms with Crippen LogP contribution in [0.1, 0.15) is 12.5 Å². The molecule has 148 valence electrons. The Bertz CT molecular complexity index is 815. The number of nitrogens with zero attached hydrogens (tertiary/aromatic N) is 5. The molecule has 0 amide bonds. The number of rotatable bonds is 6. The fraction of sp³-hybridized carbons (Fsp3) is 0.429. The third-order valence-corrected chi connectivity index (χ3v) is 6.33. The Kier molecular flexibility index (Phi) is 6.14. The van der Waals surface area contributed by atoms with Crippen LogP contribution in [0, 0.1) is 0 Å². The average molecular weight is 398 g/mol. The van der Waals surface area contributed by atoms with Crippen molar-refractivity contribution in [2.75, 3.05) is 55.6 Å². The highest BCUT2D eigenvalue weighted by molar-refractivity contribution is 8.08. The van der Waals surface area contributed by atoms with E-state index in [2.05, 4.69) is 62.1 Å². The molecule has 0 aromatic carbocycles. The maximum Gasteiger partial charge on any atom is 0.135 e. The highest BCUT2D eigenvalue weighted by atomic mass is 32.2. The van der Waals surface area contributed by atoms with Crippen molar-refractivity contribution in [3.63, 3.8) is 0 Å². The largest absolute Gasteiger partial charge is 0.383 e. The lowest BCUT2D eigenvalue weighted by molar-refractivity contribution is 0.136. The molecule has 0 radical (unpaired) electrons. The number of methoxy groups -OCH3 is 1. The number of hydrogen-bond acceptors (Lipinski definition) is 7. The number of aromatic nitrogens is 2. The number of anilines is 2. The SMILES string of the molecule is COCCN1CCN(c2ccnc(N3C=C(c4ccncc4)SC3)c2)[C@H](C)C1. The van der Waals surface area contributed by atoms with Crippen molar-refractivity contribution in [1.82, 2.24) is 14.9 Å². The predicted molar refractivity (Wildman–Crippen MR) is 117 cm³/mol. The van der Waals surface area contributed by atoms with Crippen molar-refractivity contribution in [1.29, 1.82) is 0 Å². The lowest BCUT2D eigenvalue weighted by atomic mass is 10.1. The summed E-state index contributed by atoms with van der Waals surface area (Å²) in [6.45, 7) is 7.26. The Morgan fingerprint density at radius 1 is 1.18 bits per heavy atom. The molecule has 0 aliphatic carbocycles. The predicted octanol–water partition coefficient (Wildman–Crippen LogP) is 3.14. The van der Waals surface area contributed by atoms with Crippen LogP contribution in [0.2, 0.25) is 0 Å². The Balaban J connectivity index is 1.46. The summed E-state index contributed by atoms with van der Waals surface area (Å²) in [6, 6.07) is 8.92. The zero-order chi connectivity index (χ0) is 19.3. The van der Waals surface area contributed by atoms with E-state index in [1.54, 1.807) is 7.11 Å². The van der Waals surface area contributed by atoms with E-state index in [-0.39, 0.29) is 0 Å². The first-order valence-electron chi connectivity index (χ1n) is 9.70. The summed E-state index contributed by atoms with van der Waals surface area (Å²) >= 11 is 1.84. The first-order valence-corrected chi connectivity index (χ1v) is 10.7. The van der Waals surface area contributed by atoms with E-state index >= 15 is 0 Å². The van der Waals surface area contributed by atoms with Crippen molar-refractivity contribution < 1.29 is 4.74 Å². The molecular formula is C21H27N5OS. The molecule has 0 bridgehead atoms. The second kappa shape index (κ2) is 8.94. The van der Waals surface area contributed by atoms with Crippen molar-refractivity contribution in [2.45, 2.75) is 13.0 Å². The maximum atomic E-state index is 5.22. The fourth-order valence-electron chi connectivity index (χ4n) is 3.74. The standard InChI is InChI=1S/C21H27N5OS/c1-17-14-24(11-12-27-2)9-10-26(17)19-5-8-23-21(13-19)25-15-20(28-16-25)18-3-6-22-7-4-18/h3-8,13,15,17H,9-12,14,16H2,1-2H3/t17-/m1/s1. The van der Waals surface area contributed by atoms with E-state index in [0.717, 1.165) is 44.5 Å². The smallest absolute Gasteiger partial charge is 0.135 e. The van der Waals surface area contributed by atoms with Gasteiger partial charge >= 0.3 is 0 Å². The van der Waals surface area contributed by atoms with Crippen LogP contribution < -0.4 is 9.80 Å². The van der Waals surface area contributed by atoms with Gasteiger partial charge in [-0.25, -0.2) is 4.98 Å². The molecule has 0 unspecified atom stereocenters. The summed E-state index contributed by atoms with van der Waals surface area (Å²) in [5.74, 6) is 1.89. The molecule has 1 saturated heterocycles. The molecule has 0 spiro atoms. The van der Waals surface area contributed by atoms with Crippen LogP contribution in [0.3, 0.4) is 0 Å². The van der Waals surface area contributed by atoms with Gasteiger partial charge in [-0.1, -0.05) is 0 Å². The van der Waals surface area contributed by atoms with Gasteiger partial charge in [-0.15, -0.1) is 11.8 Å². The third kappa shape index (κ3) is 4.32. The molecule has 2 aromatic rings. The highest BCUT2D eigenvalue weighted by Gasteiger charge is 2.25. The van der Waals surface area contributed by atoms with Crippen molar-refractivity contribution in [3.05, 3.63) is 54.6 Å². The van der Waals surface area contributed by atoms with E-state index in [4.69, 9.17) is 4.74 Å². The normalized spacial score (nSPS) is 20.5. The molecular weight excluding hydrogens is 370 g/mol. The molecule has 0 saturated carbocycles. The molecule has 28 heavy (non-hydrogen) atoms. The van der Waals surface area contributed by atoms with E-state index in [0.29, 0.717) is 6.04 Å². The molecule has 7 heteroatoms. The van der Waals surface area contributed by atoms with Gasteiger partial charge in [0.25, 0.3) is 0 Å². The number of thioether (sulfide) groups is 1. The molecule has 2 aromatic heterocycles. The van der Waals surface area contributed by atoms with Crippen molar-refractivity contribution >= 4 is 28.2 Å². The zero-order valence-electron chi connectivity index (χ0n) is 16.5. The maximum absolute atomic E-state index is 5.22. The number of piperazine rings is 1. The Labute approximate surface area is 171 Å². The number of ether oxygens (including phenoxy) is 1. The quantitative estimate of drug-likeness (QED) is 0.742. The van der Waals surface area contributed by atoms with E-state index < -0.39 is 0 Å². The first-order chi connectivity index (χ1) is 13.7. The summed E-state index contributed by atoms with van der Waals surface area (Å²) in [6.07, 6.45) is 7.80. The summed E-state index contributed by atoms with van der Waals surface area (Å²) in [5, 5.41) is 0. The van der Waals surface area contributed by atoms with Gasteiger partial charge < -0.3 is 14.5 Å². The Morgan fingerprint density at radius 2 is 2.04 bits per heavy atom. The van der Waals surface area contributed by atoms with E-state index in [1.807, 2.05) is 30.4 Å². The number of hydrogen-bond donors (Lipinski definition) is 0. The van der Waals surface area contributed by atoms with E-state index in [1.165, 1.54) is 16.2 Å². The first kappa shape index (κ1) is 19.2.